The third-order valence-corrected chi connectivity index (χ3v) is 3.90. The van der Waals surface area contributed by atoms with E-state index in [9.17, 15) is 22.7 Å². The lowest BCUT2D eigenvalue weighted by molar-refractivity contribution is -0.308. The van der Waals surface area contributed by atoms with Crippen LogP contribution in [0.25, 0.3) is 0 Å². The van der Waals surface area contributed by atoms with Crippen molar-refractivity contribution in [2.75, 3.05) is 0 Å². The minimum Gasteiger partial charge on any atom is -0.548 e. The van der Waals surface area contributed by atoms with E-state index in [-0.39, 0.29) is 17.2 Å². The first-order chi connectivity index (χ1) is 8.72. The van der Waals surface area contributed by atoms with Crippen molar-refractivity contribution in [3.8, 4) is 0 Å². The van der Waals surface area contributed by atoms with Gasteiger partial charge in [-0.15, -0.1) is 0 Å². The highest BCUT2D eigenvalue weighted by atomic mass is 32.2. The summed E-state index contributed by atoms with van der Waals surface area (Å²) in [7, 11) is -4.00. The Hall–Kier alpha value is -1.47. The van der Waals surface area contributed by atoms with Gasteiger partial charge in [0.1, 0.15) is 5.82 Å². The Labute approximate surface area is 111 Å². The molecule has 106 valence electrons. The van der Waals surface area contributed by atoms with Gasteiger partial charge in [0.25, 0.3) is 0 Å². The second-order valence-electron chi connectivity index (χ2n) is 4.58. The molecule has 0 aromatic heterocycles. The largest absolute Gasteiger partial charge is 0.548 e. The van der Waals surface area contributed by atoms with Gasteiger partial charge < -0.3 is 9.90 Å². The molecule has 0 fully saturated rings. The summed E-state index contributed by atoms with van der Waals surface area (Å²) in [5.41, 5.74) is 0. The summed E-state index contributed by atoms with van der Waals surface area (Å²) in [5.74, 6) is -2.07. The van der Waals surface area contributed by atoms with Crippen LogP contribution in [-0.2, 0) is 14.8 Å². The number of nitrogens with one attached hydrogen (secondary N) is 1. The van der Waals surface area contributed by atoms with Gasteiger partial charge in [-0.05, 0) is 36.6 Å². The number of carbonyl (C=O) groups excluding carboxylic acids is 1. The van der Waals surface area contributed by atoms with E-state index >= 15 is 0 Å². The SMILES string of the molecule is CC(C)C[C@H](NS(=O)(=O)c1ccc(F)cc1)C(=O)[O-]. The summed E-state index contributed by atoms with van der Waals surface area (Å²) >= 11 is 0. The van der Waals surface area contributed by atoms with E-state index in [4.69, 9.17) is 0 Å². The molecule has 0 aliphatic rings. The first kappa shape index (κ1) is 15.6. The standard InChI is InChI=1S/C12H16FNO4S/c1-8(2)7-11(12(15)16)14-19(17,18)10-5-3-9(13)4-6-10/h3-6,8,11,14H,7H2,1-2H3,(H,15,16)/p-1/t11-/m0/s1. The molecule has 1 atom stereocenters. The Bertz CT molecular complexity index is 539. The third-order valence-electron chi connectivity index (χ3n) is 2.41. The number of carbonyl (C=O) groups is 1. The number of hydrogen-bond acceptors (Lipinski definition) is 4. The fourth-order valence-electron chi connectivity index (χ4n) is 1.53. The first-order valence-corrected chi connectivity index (χ1v) is 7.19. The van der Waals surface area contributed by atoms with Crippen molar-refractivity contribution in [3.05, 3.63) is 30.1 Å². The number of halogens is 1. The van der Waals surface area contributed by atoms with Crippen LogP contribution in [0, 0.1) is 11.7 Å². The molecule has 1 aromatic rings. The second-order valence-corrected chi connectivity index (χ2v) is 6.29. The number of sulfonamides is 1. The molecule has 0 aliphatic carbocycles. The van der Waals surface area contributed by atoms with Gasteiger partial charge in [0.05, 0.1) is 16.9 Å². The topological polar surface area (TPSA) is 86.3 Å². The number of carboxylic acid groups (broad SMARTS) is 1. The highest BCUT2D eigenvalue weighted by Gasteiger charge is 2.21. The predicted octanol–water partition coefficient (Wildman–Crippen LogP) is 0.269. The van der Waals surface area contributed by atoms with Gasteiger partial charge in [-0.2, -0.15) is 0 Å². The van der Waals surface area contributed by atoms with Crippen LogP contribution < -0.4 is 9.83 Å². The molecule has 0 saturated heterocycles. The maximum Gasteiger partial charge on any atom is 0.241 e. The van der Waals surface area contributed by atoms with Gasteiger partial charge in [-0.1, -0.05) is 13.8 Å². The molecule has 19 heavy (non-hydrogen) atoms. The average molecular weight is 288 g/mol. The van der Waals surface area contributed by atoms with E-state index in [1.807, 2.05) is 4.72 Å². The molecular weight excluding hydrogens is 273 g/mol. The Kier molecular flexibility index (Phi) is 5.02. The van der Waals surface area contributed by atoms with Crippen LogP contribution in [-0.4, -0.2) is 20.4 Å². The summed E-state index contributed by atoms with van der Waals surface area (Å²) in [6.07, 6.45) is 0.114. The number of carboxylic acids is 1. The molecule has 0 spiro atoms. The van der Waals surface area contributed by atoms with Crippen LogP contribution in [0.4, 0.5) is 4.39 Å². The zero-order valence-electron chi connectivity index (χ0n) is 10.6. The molecule has 1 aromatic carbocycles. The minimum atomic E-state index is -4.00. The summed E-state index contributed by atoms with van der Waals surface area (Å²) in [4.78, 5) is 10.7. The normalized spacial score (nSPS) is 13.5. The van der Waals surface area contributed by atoms with Crippen LogP contribution in [0.15, 0.2) is 29.2 Å². The number of rotatable bonds is 6. The predicted molar refractivity (Wildman–Crippen MR) is 65.0 cm³/mol. The van der Waals surface area contributed by atoms with Crippen molar-refractivity contribution < 1.29 is 22.7 Å². The van der Waals surface area contributed by atoms with Gasteiger partial charge in [-0.3, -0.25) is 0 Å². The molecule has 7 heteroatoms. The second kappa shape index (κ2) is 6.12. The van der Waals surface area contributed by atoms with Gasteiger partial charge in [0.15, 0.2) is 0 Å². The zero-order valence-corrected chi connectivity index (χ0v) is 11.4. The van der Waals surface area contributed by atoms with Crippen LogP contribution >= 0.6 is 0 Å². The number of benzene rings is 1. The third kappa shape index (κ3) is 4.60. The van der Waals surface area contributed by atoms with E-state index in [0.717, 1.165) is 24.3 Å². The lowest BCUT2D eigenvalue weighted by Crippen LogP contribution is -2.48. The molecule has 0 unspecified atom stereocenters. The smallest absolute Gasteiger partial charge is 0.241 e. The molecule has 1 rings (SSSR count). The van der Waals surface area contributed by atoms with E-state index in [2.05, 4.69) is 0 Å². The Balaban J connectivity index is 2.94. The van der Waals surface area contributed by atoms with Crippen molar-refractivity contribution in [1.29, 1.82) is 0 Å². The quantitative estimate of drug-likeness (QED) is 0.814. The van der Waals surface area contributed by atoms with E-state index in [0.29, 0.717) is 0 Å². The molecule has 5 nitrogen and oxygen atoms in total. The van der Waals surface area contributed by atoms with Crippen LogP contribution in [0.1, 0.15) is 20.3 Å². The molecule has 0 radical (unpaired) electrons. The molecular formula is C12H15FNO4S-. The van der Waals surface area contributed by atoms with Gasteiger partial charge in [-0.25, -0.2) is 17.5 Å². The molecule has 0 bridgehead atoms. The fourth-order valence-corrected chi connectivity index (χ4v) is 2.73. The van der Waals surface area contributed by atoms with Crippen molar-refractivity contribution in [1.82, 2.24) is 4.72 Å². The highest BCUT2D eigenvalue weighted by Crippen LogP contribution is 2.12. The molecule has 0 heterocycles. The maximum atomic E-state index is 12.7. The van der Waals surface area contributed by atoms with Crippen molar-refractivity contribution in [2.45, 2.75) is 31.2 Å². The number of hydrogen-bond donors (Lipinski definition) is 1. The molecule has 0 amide bonds. The number of aliphatic carboxylic acids is 1. The fraction of sp³-hybridized carbons (Fsp3) is 0.417. The van der Waals surface area contributed by atoms with Gasteiger partial charge >= 0.3 is 0 Å². The van der Waals surface area contributed by atoms with Crippen LogP contribution in [0.2, 0.25) is 0 Å². The lowest BCUT2D eigenvalue weighted by Gasteiger charge is -2.21. The van der Waals surface area contributed by atoms with E-state index in [1.165, 1.54) is 0 Å². The van der Waals surface area contributed by atoms with E-state index in [1.54, 1.807) is 13.8 Å². The Morgan fingerprint density at radius 2 is 1.84 bits per heavy atom. The minimum absolute atomic E-state index is 0.0150. The highest BCUT2D eigenvalue weighted by molar-refractivity contribution is 7.89. The lowest BCUT2D eigenvalue weighted by atomic mass is 10.1. The monoisotopic (exact) mass is 288 g/mol. The zero-order chi connectivity index (χ0) is 14.6. The molecule has 1 N–H and O–H groups in total. The van der Waals surface area contributed by atoms with Crippen LogP contribution in [0.5, 0.6) is 0 Å². The summed E-state index contributed by atoms with van der Waals surface area (Å²) < 4.78 is 38.6. The molecule has 0 aliphatic heterocycles. The van der Waals surface area contributed by atoms with Gasteiger partial charge in [0.2, 0.25) is 10.0 Å². The summed E-state index contributed by atoms with van der Waals surface area (Å²) in [5, 5.41) is 10.9. The Morgan fingerprint density at radius 3 is 2.26 bits per heavy atom. The Morgan fingerprint density at radius 1 is 1.32 bits per heavy atom. The van der Waals surface area contributed by atoms with Crippen molar-refractivity contribution in [2.24, 2.45) is 5.92 Å². The summed E-state index contributed by atoms with van der Waals surface area (Å²) in [6.45, 7) is 3.53. The van der Waals surface area contributed by atoms with Gasteiger partial charge in [0, 0.05) is 0 Å². The van der Waals surface area contributed by atoms with Crippen LogP contribution in [0.3, 0.4) is 0 Å². The maximum absolute atomic E-state index is 12.7. The van der Waals surface area contributed by atoms with Crippen molar-refractivity contribution >= 4 is 16.0 Å². The summed E-state index contributed by atoms with van der Waals surface area (Å²) in [6, 6.07) is 2.81. The first-order valence-electron chi connectivity index (χ1n) is 5.71. The van der Waals surface area contributed by atoms with E-state index < -0.39 is 27.9 Å². The average Bonchev–Trinajstić information content (AvgIpc) is 2.27. The molecule has 0 saturated carbocycles. The van der Waals surface area contributed by atoms with Crippen molar-refractivity contribution in [3.63, 3.8) is 0 Å².